The molecule has 0 unspecified atom stereocenters. The van der Waals surface area contributed by atoms with Gasteiger partial charge in [-0.1, -0.05) is 67.4 Å². The lowest BCUT2D eigenvalue weighted by molar-refractivity contribution is -0.141. The number of benzene rings is 2. The minimum atomic E-state index is -0.581. The Morgan fingerprint density at radius 3 is 2.33 bits per heavy atom. The highest BCUT2D eigenvalue weighted by Crippen LogP contribution is 2.24. The molecule has 1 N–H and O–H groups in total. The molecule has 0 radical (unpaired) electrons. The van der Waals surface area contributed by atoms with Crippen molar-refractivity contribution in [3.05, 3.63) is 69.2 Å². The zero-order chi connectivity index (χ0) is 22.3. The Morgan fingerprint density at radius 2 is 1.73 bits per heavy atom. The van der Waals surface area contributed by atoms with E-state index in [2.05, 4.69) is 5.32 Å². The first-order valence-corrected chi connectivity index (χ1v) is 11.1. The molecule has 0 aliphatic heterocycles. The number of hydrogen-bond donors (Lipinski definition) is 1. The van der Waals surface area contributed by atoms with Crippen LogP contribution in [0.25, 0.3) is 0 Å². The lowest BCUT2D eigenvalue weighted by Crippen LogP contribution is -2.51. The van der Waals surface area contributed by atoms with E-state index in [-0.39, 0.29) is 30.8 Å². The number of aryl methyl sites for hydroxylation is 1. The third-order valence-electron chi connectivity index (χ3n) is 5.35. The molecule has 0 saturated heterocycles. The van der Waals surface area contributed by atoms with Crippen LogP contribution in [0.15, 0.2) is 42.5 Å². The number of rotatable bonds is 9. The van der Waals surface area contributed by atoms with Crippen molar-refractivity contribution in [1.29, 1.82) is 0 Å². The predicted molar refractivity (Wildman–Crippen MR) is 124 cm³/mol. The maximum atomic E-state index is 13.4. The van der Waals surface area contributed by atoms with Crippen LogP contribution in [-0.4, -0.2) is 28.8 Å². The van der Waals surface area contributed by atoms with E-state index in [1.165, 1.54) is 0 Å². The zero-order valence-corrected chi connectivity index (χ0v) is 19.6. The molecule has 162 valence electrons. The van der Waals surface area contributed by atoms with E-state index in [1.54, 1.807) is 23.1 Å². The number of carbonyl (C=O) groups is 2. The summed E-state index contributed by atoms with van der Waals surface area (Å²) in [6.45, 7) is 8.11. The maximum Gasteiger partial charge on any atom is 0.243 e. The Labute approximate surface area is 189 Å². The van der Waals surface area contributed by atoms with Crippen LogP contribution >= 0.6 is 23.2 Å². The highest BCUT2D eigenvalue weighted by atomic mass is 35.5. The number of hydrogen-bond acceptors (Lipinski definition) is 2. The van der Waals surface area contributed by atoms with Crippen LogP contribution < -0.4 is 5.32 Å². The molecule has 2 aromatic carbocycles. The van der Waals surface area contributed by atoms with Gasteiger partial charge in [-0.3, -0.25) is 9.59 Å². The molecular formula is C24H30Cl2N2O2. The number of nitrogens with one attached hydrogen (secondary N) is 1. The van der Waals surface area contributed by atoms with Crippen molar-refractivity contribution in [2.45, 2.75) is 65.6 Å². The van der Waals surface area contributed by atoms with Gasteiger partial charge in [0.1, 0.15) is 6.04 Å². The van der Waals surface area contributed by atoms with Crippen LogP contribution in [0.4, 0.5) is 0 Å². The predicted octanol–water partition coefficient (Wildman–Crippen LogP) is 5.57. The van der Waals surface area contributed by atoms with Crippen molar-refractivity contribution in [3.63, 3.8) is 0 Å². The molecule has 2 rings (SSSR count). The molecule has 30 heavy (non-hydrogen) atoms. The van der Waals surface area contributed by atoms with Crippen LogP contribution in [-0.2, 0) is 22.6 Å². The fourth-order valence-electron chi connectivity index (χ4n) is 3.27. The van der Waals surface area contributed by atoms with Crippen molar-refractivity contribution >= 4 is 35.0 Å². The van der Waals surface area contributed by atoms with Crippen molar-refractivity contribution in [1.82, 2.24) is 10.2 Å². The second-order valence-electron chi connectivity index (χ2n) is 7.60. The fourth-order valence-corrected chi connectivity index (χ4v) is 3.74. The van der Waals surface area contributed by atoms with Crippen LogP contribution in [0.3, 0.4) is 0 Å². The minimum absolute atomic E-state index is 0.0407. The topological polar surface area (TPSA) is 49.4 Å². The van der Waals surface area contributed by atoms with E-state index >= 15 is 0 Å². The standard InChI is InChI=1S/C24H30Cl2N2O2/c1-5-17(4)27-24(30)22(6-2)28(15-19-11-12-20(25)14-21(19)26)23(29)13-18-10-8-7-9-16(18)3/h7-12,14,17,22H,5-6,13,15H2,1-4H3,(H,27,30)/t17-,22+/m1/s1. The lowest BCUT2D eigenvalue weighted by Gasteiger charge is -2.32. The van der Waals surface area contributed by atoms with Gasteiger partial charge in [0, 0.05) is 22.6 Å². The number of amides is 2. The summed E-state index contributed by atoms with van der Waals surface area (Å²) in [4.78, 5) is 28.0. The molecule has 6 heteroatoms. The molecule has 2 amide bonds. The van der Waals surface area contributed by atoms with Gasteiger partial charge in [0.15, 0.2) is 0 Å². The molecule has 0 aromatic heterocycles. The largest absolute Gasteiger partial charge is 0.352 e. The van der Waals surface area contributed by atoms with E-state index in [0.29, 0.717) is 16.5 Å². The smallest absolute Gasteiger partial charge is 0.243 e. The van der Waals surface area contributed by atoms with Crippen molar-refractivity contribution in [2.24, 2.45) is 0 Å². The zero-order valence-electron chi connectivity index (χ0n) is 18.0. The molecule has 0 fully saturated rings. The van der Waals surface area contributed by atoms with Gasteiger partial charge in [0.05, 0.1) is 6.42 Å². The Morgan fingerprint density at radius 1 is 1.03 bits per heavy atom. The molecule has 4 nitrogen and oxygen atoms in total. The summed E-state index contributed by atoms with van der Waals surface area (Å²) in [6, 6.07) is 12.5. The number of carbonyl (C=O) groups excluding carboxylic acids is 2. The van der Waals surface area contributed by atoms with Gasteiger partial charge < -0.3 is 10.2 Å². The lowest BCUT2D eigenvalue weighted by atomic mass is 10.0. The summed E-state index contributed by atoms with van der Waals surface area (Å²) in [5.74, 6) is -0.253. The Balaban J connectivity index is 2.35. The number of nitrogens with zero attached hydrogens (tertiary/aromatic N) is 1. The van der Waals surface area contributed by atoms with Crippen LogP contribution in [0.2, 0.25) is 10.0 Å². The molecule has 0 heterocycles. The van der Waals surface area contributed by atoms with Crippen molar-refractivity contribution in [3.8, 4) is 0 Å². The van der Waals surface area contributed by atoms with Crippen molar-refractivity contribution < 1.29 is 9.59 Å². The highest BCUT2D eigenvalue weighted by Gasteiger charge is 2.29. The SMILES string of the molecule is CC[C@@H](C)NC(=O)[C@H](CC)N(Cc1ccc(Cl)cc1Cl)C(=O)Cc1ccccc1C. The molecule has 2 atom stereocenters. The molecule has 0 saturated carbocycles. The molecular weight excluding hydrogens is 419 g/mol. The van der Waals surface area contributed by atoms with Gasteiger partial charge in [0.2, 0.25) is 11.8 Å². The summed E-state index contributed by atoms with van der Waals surface area (Å²) < 4.78 is 0. The maximum absolute atomic E-state index is 13.4. The Hall–Kier alpha value is -2.04. The van der Waals surface area contributed by atoms with E-state index in [0.717, 1.165) is 23.1 Å². The van der Waals surface area contributed by atoms with Crippen LogP contribution in [0.1, 0.15) is 50.3 Å². The molecule has 0 bridgehead atoms. The quantitative estimate of drug-likeness (QED) is 0.545. The van der Waals surface area contributed by atoms with Gasteiger partial charge in [-0.15, -0.1) is 0 Å². The summed E-state index contributed by atoms with van der Waals surface area (Å²) in [5.41, 5.74) is 2.76. The average molecular weight is 449 g/mol. The van der Waals surface area contributed by atoms with E-state index in [1.807, 2.05) is 52.0 Å². The summed E-state index contributed by atoms with van der Waals surface area (Å²) in [5, 5.41) is 4.02. The second kappa shape index (κ2) is 11.4. The Kier molecular flexibility index (Phi) is 9.19. The van der Waals surface area contributed by atoms with Gasteiger partial charge in [-0.2, -0.15) is 0 Å². The first-order chi connectivity index (χ1) is 14.3. The van der Waals surface area contributed by atoms with Gasteiger partial charge in [-0.05, 0) is 55.5 Å². The molecule has 2 aromatic rings. The Bertz CT molecular complexity index is 885. The van der Waals surface area contributed by atoms with Gasteiger partial charge in [-0.25, -0.2) is 0 Å². The average Bonchev–Trinajstić information content (AvgIpc) is 2.70. The molecule has 0 spiro atoms. The molecule has 0 aliphatic rings. The third-order valence-corrected chi connectivity index (χ3v) is 5.93. The van der Waals surface area contributed by atoms with E-state index < -0.39 is 6.04 Å². The summed E-state index contributed by atoms with van der Waals surface area (Å²) in [6.07, 6.45) is 1.56. The van der Waals surface area contributed by atoms with Gasteiger partial charge in [0.25, 0.3) is 0 Å². The van der Waals surface area contributed by atoms with E-state index in [9.17, 15) is 9.59 Å². The fraction of sp³-hybridized carbons (Fsp3) is 0.417. The second-order valence-corrected chi connectivity index (χ2v) is 8.45. The first kappa shape index (κ1) is 24.2. The number of halogens is 2. The van der Waals surface area contributed by atoms with E-state index in [4.69, 9.17) is 23.2 Å². The van der Waals surface area contributed by atoms with Gasteiger partial charge >= 0.3 is 0 Å². The molecule has 0 aliphatic carbocycles. The van der Waals surface area contributed by atoms with Crippen molar-refractivity contribution in [2.75, 3.05) is 0 Å². The minimum Gasteiger partial charge on any atom is -0.352 e. The third kappa shape index (κ3) is 6.48. The summed E-state index contributed by atoms with van der Waals surface area (Å²) >= 11 is 12.4. The van der Waals surface area contributed by atoms with Crippen LogP contribution in [0.5, 0.6) is 0 Å². The first-order valence-electron chi connectivity index (χ1n) is 10.3. The summed E-state index contributed by atoms with van der Waals surface area (Å²) in [7, 11) is 0. The monoisotopic (exact) mass is 448 g/mol. The highest BCUT2D eigenvalue weighted by molar-refractivity contribution is 6.35. The van der Waals surface area contributed by atoms with Crippen LogP contribution in [0, 0.1) is 6.92 Å². The normalized spacial score (nSPS) is 12.9.